The summed E-state index contributed by atoms with van der Waals surface area (Å²) in [5.41, 5.74) is 1.22. The summed E-state index contributed by atoms with van der Waals surface area (Å²) in [7, 11) is -2.62. The van der Waals surface area contributed by atoms with E-state index in [9.17, 15) is 13.2 Å². The van der Waals surface area contributed by atoms with E-state index in [1.165, 1.54) is 23.5 Å². The van der Waals surface area contributed by atoms with Gasteiger partial charge in [-0.05, 0) is 35.2 Å². The maximum atomic E-state index is 13.3. The zero-order valence-corrected chi connectivity index (χ0v) is 16.6. The van der Waals surface area contributed by atoms with Gasteiger partial charge in [-0.2, -0.15) is 0 Å². The van der Waals surface area contributed by atoms with E-state index in [1.54, 1.807) is 24.3 Å². The number of benzene rings is 2. The standard InChI is InChI=1S/C20H23NO5S/c1-20(2,3)14-10-11-17-16(12-14)21(13-18(26-17)19(22)25-4)27(23,24)15-8-6-5-7-9-15/h5-12,18H,13H2,1-4H3. The number of carbonyl (C=O) groups excluding carboxylic acids is 1. The van der Waals surface area contributed by atoms with Crippen molar-refractivity contribution in [2.24, 2.45) is 0 Å². The average molecular weight is 389 g/mol. The highest BCUT2D eigenvalue weighted by molar-refractivity contribution is 7.92. The van der Waals surface area contributed by atoms with Crippen molar-refractivity contribution >= 4 is 21.7 Å². The molecule has 0 aromatic heterocycles. The summed E-state index contributed by atoms with van der Waals surface area (Å²) in [5.74, 6) is -0.280. The SMILES string of the molecule is COC(=O)C1CN(S(=O)(=O)c2ccccc2)c2cc(C(C)(C)C)ccc2O1. The predicted octanol–water partition coefficient (Wildman–Crippen LogP) is 3.11. The highest BCUT2D eigenvalue weighted by Gasteiger charge is 2.38. The third kappa shape index (κ3) is 3.64. The van der Waals surface area contributed by atoms with Crippen molar-refractivity contribution < 1.29 is 22.7 Å². The first-order valence-electron chi connectivity index (χ1n) is 8.61. The van der Waals surface area contributed by atoms with Crippen LogP contribution < -0.4 is 9.04 Å². The molecule has 0 fully saturated rings. The molecule has 0 amide bonds. The monoisotopic (exact) mass is 389 g/mol. The lowest BCUT2D eigenvalue weighted by atomic mass is 9.86. The van der Waals surface area contributed by atoms with Crippen LogP contribution in [-0.4, -0.2) is 34.1 Å². The van der Waals surface area contributed by atoms with Gasteiger partial charge in [0.15, 0.2) is 0 Å². The van der Waals surface area contributed by atoms with E-state index in [0.29, 0.717) is 11.4 Å². The topological polar surface area (TPSA) is 72.9 Å². The van der Waals surface area contributed by atoms with Gasteiger partial charge in [-0.1, -0.05) is 45.0 Å². The van der Waals surface area contributed by atoms with E-state index in [0.717, 1.165) is 5.56 Å². The van der Waals surface area contributed by atoms with E-state index in [1.807, 2.05) is 32.9 Å². The quantitative estimate of drug-likeness (QED) is 0.754. The van der Waals surface area contributed by atoms with Gasteiger partial charge in [0.05, 0.1) is 24.2 Å². The highest BCUT2D eigenvalue weighted by atomic mass is 32.2. The summed E-state index contributed by atoms with van der Waals surface area (Å²) >= 11 is 0. The maximum Gasteiger partial charge on any atom is 0.348 e. The molecule has 1 atom stereocenters. The molecule has 1 heterocycles. The van der Waals surface area contributed by atoms with Gasteiger partial charge in [0.1, 0.15) is 5.75 Å². The van der Waals surface area contributed by atoms with Crippen molar-refractivity contribution in [3.05, 3.63) is 54.1 Å². The van der Waals surface area contributed by atoms with Crippen LogP contribution in [-0.2, 0) is 25.0 Å². The molecule has 2 aromatic carbocycles. The number of rotatable bonds is 3. The summed E-state index contributed by atoms with van der Waals surface area (Å²) in [5, 5.41) is 0. The first kappa shape index (κ1) is 19.2. The largest absolute Gasteiger partial charge is 0.475 e. The molecule has 3 rings (SSSR count). The minimum Gasteiger partial charge on any atom is -0.475 e. The summed E-state index contributed by atoms with van der Waals surface area (Å²) in [4.78, 5) is 12.2. The Labute approximate surface area is 159 Å². The zero-order chi connectivity index (χ0) is 19.8. The fourth-order valence-corrected chi connectivity index (χ4v) is 4.41. The first-order chi connectivity index (χ1) is 12.6. The smallest absolute Gasteiger partial charge is 0.348 e. The minimum absolute atomic E-state index is 0.148. The number of hydrogen-bond donors (Lipinski definition) is 0. The highest BCUT2D eigenvalue weighted by Crippen LogP contribution is 2.40. The first-order valence-corrected chi connectivity index (χ1v) is 10.1. The number of nitrogens with zero attached hydrogens (tertiary/aromatic N) is 1. The summed E-state index contributed by atoms with van der Waals surface area (Å²) in [6, 6.07) is 13.5. The van der Waals surface area contributed by atoms with Crippen molar-refractivity contribution in [3.63, 3.8) is 0 Å². The van der Waals surface area contributed by atoms with Crippen LogP contribution in [0.1, 0.15) is 26.3 Å². The van der Waals surface area contributed by atoms with Gasteiger partial charge >= 0.3 is 5.97 Å². The van der Waals surface area contributed by atoms with Crippen molar-refractivity contribution in [2.45, 2.75) is 37.2 Å². The van der Waals surface area contributed by atoms with Crippen molar-refractivity contribution in [1.82, 2.24) is 0 Å². The zero-order valence-electron chi connectivity index (χ0n) is 15.8. The van der Waals surface area contributed by atoms with Gasteiger partial charge in [-0.15, -0.1) is 0 Å². The molecule has 1 unspecified atom stereocenters. The van der Waals surface area contributed by atoms with E-state index in [4.69, 9.17) is 9.47 Å². The fraction of sp³-hybridized carbons (Fsp3) is 0.350. The molecule has 0 radical (unpaired) electrons. The number of hydrogen-bond acceptors (Lipinski definition) is 5. The normalized spacial score (nSPS) is 17.0. The molecule has 1 aliphatic rings. The van der Waals surface area contributed by atoms with Crippen LogP contribution in [0.25, 0.3) is 0 Å². The number of ether oxygens (including phenoxy) is 2. The van der Waals surface area contributed by atoms with Crippen LogP contribution in [0.3, 0.4) is 0 Å². The molecule has 7 heteroatoms. The van der Waals surface area contributed by atoms with Crippen LogP contribution in [0.4, 0.5) is 5.69 Å². The lowest BCUT2D eigenvalue weighted by Crippen LogP contribution is -2.47. The van der Waals surface area contributed by atoms with Gasteiger partial charge < -0.3 is 9.47 Å². The number of fused-ring (bicyclic) bond motifs is 1. The lowest BCUT2D eigenvalue weighted by molar-refractivity contribution is -0.148. The second kappa shape index (κ2) is 6.88. The summed E-state index contributed by atoms with van der Waals surface area (Å²) in [6.45, 7) is 5.99. The van der Waals surface area contributed by atoms with Crippen molar-refractivity contribution in [1.29, 1.82) is 0 Å². The molecule has 0 saturated carbocycles. The van der Waals surface area contributed by atoms with Gasteiger partial charge in [-0.3, -0.25) is 4.31 Å². The number of sulfonamides is 1. The lowest BCUT2D eigenvalue weighted by Gasteiger charge is -2.35. The number of anilines is 1. The van der Waals surface area contributed by atoms with E-state index < -0.39 is 22.1 Å². The van der Waals surface area contributed by atoms with Gasteiger partial charge in [0, 0.05) is 0 Å². The Bertz CT molecular complexity index is 948. The molecule has 0 saturated heterocycles. The second-order valence-corrected chi connectivity index (χ2v) is 9.27. The summed E-state index contributed by atoms with van der Waals surface area (Å²) in [6.07, 6.45) is -1.03. The van der Waals surface area contributed by atoms with Crippen molar-refractivity contribution in [3.8, 4) is 5.75 Å². The number of esters is 1. The molecule has 1 aliphatic heterocycles. The van der Waals surface area contributed by atoms with Crippen LogP contribution >= 0.6 is 0 Å². The van der Waals surface area contributed by atoms with Crippen LogP contribution in [0.2, 0.25) is 0 Å². The Balaban J connectivity index is 2.15. The Morgan fingerprint density at radius 3 is 2.41 bits per heavy atom. The van der Waals surface area contributed by atoms with Gasteiger partial charge in [0.2, 0.25) is 6.10 Å². The molecule has 0 N–H and O–H groups in total. The Morgan fingerprint density at radius 1 is 1.15 bits per heavy atom. The van der Waals surface area contributed by atoms with E-state index in [-0.39, 0.29) is 16.9 Å². The third-order valence-corrected chi connectivity index (χ3v) is 6.28. The minimum atomic E-state index is -3.87. The van der Waals surface area contributed by atoms with Gasteiger partial charge in [0.25, 0.3) is 10.0 Å². The predicted molar refractivity (Wildman–Crippen MR) is 103 cm³/mol. The molecule has 27 heavy (non-hydrogen) atoms. The fourth-order valence-electron chi connectivity index (χ4n) is 2.92. The van der Waals surface area contributed by atoms with E-state index in [2.05, 4.69) is 0 Å². The summed E-state index contributed by atoms with van der Waals surface area (Å²) < 4.78 is 38.3. The number of carbonyl (C=O) groups is 1. The molecule has 0 spiro atoms. The average Bonchev–Trinajstić information content (AvgIpc) is 2.65. The molecular weight excluding hydrogens is 366 g/mol. The molecule has 2 aromatic rings. The van der Waals surface area contributed by atoms with Crippen LogP contribution in [0.5, 0.6) is 5.75 Å². The van der Waals surface area contributed by atoms with Crippen molar-refractivity contribution in [2.75, 3.05) is 18.0 Å². The molecule has 0 aliphatic carbocycles. The Kier molecular flexibility index (Phi) is 4.90. The maximum absolute atomic E-state index is 13.3. The second-order valence-electron chi connectivity index (χ2n) is 7.41. The molecular formula is C20H23NO5S. The Morgan fingerprint density at radius 2 is 1.81 bits per heavy atom. The molecule has 6 nitrogen and oxygen atoms in total. The number of methoxy groups -OCH3 is 1. The van der Waals surface area contributed by atoms with Crippen LogP contribution in [0, 0.1) is 0 Å². The van der Waals surface area contributed by atoms with Gasteiger partial charge in [-0.25, -0.2) is 13.2 Å². The molecule has 0 bridgehead atoms. The van der Waals surface area contributed by atoms with E-state index >= 15 is 0 Å². The molecule has 144 valence electrons. The third-order valence-electron chi connectivity index (χ3n) is 4.49. The Hall–Kier alpha value is -2.54. The van der Waals surface area contributed by atoms with Crippen LogP contribution in [0.15, 0.2) is 53.4 Å².